The minimum atomic E-state index is -0.198. The highest BCUT2D eigenvalue weighted by Gasteiger charge is 2.42. The van der Waals surface area contributed by atoms with Crippen molar-refractivity contribution in [1.82, 2.24) is 9.80 Å². The maximum Gasteiger partial charge on any atom is 0.251 e. The van der Waals surface area contributed by atoms with Crippen molar-refractivity contribution in [3.8, 4) is 0 Å². The summed E-state index contributed by atoms with van der Waals surface area (Å²) in [4.78, 5) is 16.7. The molecule has 3 aliphatic rings. The Hall–Kier alpha value is -0.650. The number of amides is 1. The lowest BCUT2D eigenvalue weighted by atomic mass is 9.91. The van der Waals surface area contributed by atoms with E-state index in [9.17, 15) is 4.79 Å². The standard InChI is InChI=1S/C14H24N2O3/c1-15-6-3-5-14(10-15)11-16(7-9-19-14)13(17)12-4-2-8-18-12/h12H,2-11H2,1H3. The van der Waals surface area contributed by atoms with Crippen LogP contribution < -0.4 is 0 Å². The predicted octanol–water partition coefficient (Wildman–Crippen LogP) is 0.489. The number of hydrogen-bond acceptors (Lipinski definition) is 4. The summed E-state index contributed by atoms with van der Waals surface area (Å²) >= 11 is 0. The minimum absolute atomic E-state index is 0.139. The second-order valence-electron chi connectivity index (χ2n) is 6.13. The Labute approximate surface area is 114 Å². The Morgan fingerprint density at radius 1 is 1.21 bits per heavy atom. The van der Waals surface area contributed by atoms with E-state index in [1.807, 2.05) is 4.90 Å². The third kappa shape index (κ3) is 2.78. The normalized spacial score (nSPS) is 36.9. The number of likely N-dealkylation sites (N-methyl/N-ethyl adjacent to an activating group) is 1. The Morgan fingerprint density at radius 2 is 2.11 bits per heavy atom. The molecule has 0 aromatic heterocycles. The van der Waals surface area contributed by atoms with Crippen LogP contribution in [-0.2, 0) is 14.3 Å². The van der Waals surface area contributed by atoms with Gasteiger partial charge >= 0.3 is 0 Å². The van der Waals surface area contributed by atoms with Gasteiger partial charge in [0.2, 0.25) is 0 Å². The molecule has 19 heavy (non-hydrogen) atoms. The molecule has 108 valence electrons. The number of carbonyl (C=O) groups excluding carboxylic acids is 1. The molecule has 0 saturated carbocycles. The van der Waals surface area contributed by atoms with Crippen molar-refractivity contribution < 1.29 is 14.3 Å². The van der Waals surface area contributed by atoms with E-state index in [1.165, 1.54) is 0 Å². The number of carbonyl (C=O) groups is 1. The van der Waals surface area contributed by atoms with Gasteiger partial charge in [-0.1, -0.05) is 0 Å². The molecule has 3 saturated heterocycles. The molecule has 3 heterocycles. The van der Waals surface area contributed by atoms with Gasteiger partial charge in [-0.2, -0.15) is 0 Å². The first kappa shape index (κ1) is 13.3. The third-order valence-electron chi connectivity index (χ3n) is 4.50. The Bertz CT molecular complexity index is 340. The molecule has 3 rings (SSSR count). The van der Waals surface area contributed by atoms with E-state index < -0.39 is 0 Å². The fourth-order valence-electron chi connectivity index (χ4n) is 3.58. The quantitative estimate of drug-likeness (QED) is 0.694. The summed E-state index contributed by atoms with van der Waals surface area (Å²) in [5.41, 5.74) is -0.139. The van der Waals surface area contributed by atoms with Crippen LogP contribution in [0.15, 0.2) is 0 Å². The molecule has 0 aromatic rings. The smallest absolute Gasteiger partial charge is 0.251 e. The van der Waals surface area contributed by atoms with E-state index in [-0.39, 0.29) is 17.6 Å². The molecule has 2 atom stereocenters. The summed E-state index contributed by atoms with van der Waals surface area (Å²) in [7, 11) is 2.13. The lowest BCUT2D eigenvalue weighted by Crippen LogP contribution is -2.61. The lowest BCUT2D eigenvalue weighted by Gasteiger charge is -2.47. The maximum atomic E-state index is 12.4. The van der Waals surface area contributed by atoms with Crippen LogP contribution in [0.25, 0.3) is 0 Å². The third-order valence-corrected chi connectivity index (χ3v) is 4.50. The van der Waals surface area contributed by atoms with Crippen LogP contribution in [0.1, 0.15) is 25.7 Å². The molecule has 3 fully saturated rings. The number of ether oxygens (including phenoxy) is 2. The Morgan fingerprint density at radius 3 is 2.84 bits per heavy atom. The molecule has 1 spiro atoms. The molecule has 0 N–H and O–H groups in total. The first-order valence-corrected chi connectivity index (χ1v) is 7.41. The number of rotatable bonds is 1. The molecule has 2 unspecified atom stereocenters. The van der Waals surface area contributed by atoms with Crippen LogP contribution in [-0.4, -0.2) is 73.9 Å². The van der Waals surface area contributed by atoms with Crippen molar-refractivity contribution in [2.24, 2.45) is 0 Å². The first-order valence-electron chi connectivity index (χ1n) is 7.41. The van der Waals surface area contributed by atoms with Crippen LogP contribution in [0.4, 0.5) is 0 Å². The van der Waals surface area contributed by atoms with Crippen molar-refractivity contribution in [1.29, 1.82) is 0 Å². The second kappa shape index (κ2) is 5.38. The number of nitrogens with zero attached hydrogens (tertiary/aromatic N) is 2. The van der Waals surface area contributed by atoms with E-state index in [0.29, 0.717) is 13.2 Å². The maximum absolute atomic E-state index is 12.4. The lowest BCUT2D eigenvalue weighted by molar-refractivity contribution is -0.166. The average molecular weight is 268 g/mol. The highest BCUT2D eigenvalue weighted by Crippen LogP contribution is 2.29. The number of morpholine rings is 1. The molecule has 1 amide bonds. The van der Waals surface area contributed by atoms with Crippen LogP contribution in [0.2, 0.25) is 0 Å². The van der Waals surface area contributed by atoms with Gasteiger partial charge in [-0.05, 0) is 39.3 Å². The summed E-state index contributed by atoms with van der Waals surface area (Å²) < 4.78 is 11.6. The summed E-state index contributed by atoms with van der Waals surface area (Å²) in [6, 6.07) is 0. The molecule has 5 nitrogen and oxygen atoms in total. The SMILES string of the molecule is CN1CCCC2(C1)CN(C(=O)C1CCCO1)CCO2. The summed E-state index contributed by atoms with van der Waals surface area (Å²) in [5, 5.41) is 0. The first-order chi connectivity index (χ1) is 9.19. The van der Waals surface area contributed by atoms with Crippen LogP contribution in [0.3, 0.4) is 0 Å². The van der Waals surface area contributed by atoms with E-state index in [4.69, 9.17) is 9.47 Å². The van der Waals surface area contributed by atoms with Crippen molar-refractivity contribution >= 4 is 5.91 Å². The zero-order chi connectivity index (χ0) is 13.3. The van der Waals surface area contributed by atoms with Gasteiger partial charge < -0.3 is 19.3 Å². The molecule has 5 heteroatoms. The zero-order valence-corrected chi connectivity index (χ0v) is 11.8. The number of piperidine rings is 1. The monoisotopic (exact) mass is 268 g/mol. The van der Waals surface area contributed by atoms with E-state index in [1.54, 1.807) is 0 Å². The highest BCUT2D eigenvalue weighted by molar-refractivity contribution is 5.81. The summed E-state index contributed by atoms with van der Waals surface area (Å²) in [5.74, 6) is 0.174. The second-order valence-corrected chi connectivity index (χ2v) is 6.13. The average Bonchev–Trinajstić information content (AvgIpc) is 2.91. The molecule has 0 aliphatic carbocycles. The predicted molar refractivity (Wildman–Crippen MR) is 71.0 cm³/mol. The van der Waals surface area contributed by atoms with E-state index in [0.717, 1.165) is 51.9 Å². The number of hydrogen-bond donors (Lipinski definition) is 0. The Balaban J connectivity index is 1.65. The molecule has 0 bridgehead atoms. The molecular formula is C14H24N2O3. The van der Waals surface area contributed by atoms with Crippen molar-refractivity contribution in [2.75, 3.05) is 46.4 Å². The molecule has 3 aliphatic heterocycles. The number of likely N-dealkylation sites (tertiary alicyclic amines) is 1. The largest absolute Gasteiger partial charge is 0.370 e. The van der Waals surface area contributed by atoms with Gasteiger partial charge in [-0.15, -0.1) is 0 Å². The summed E-state index contributed by atoms with van der Waals surface area (Å²) in [6.45, 7) is 4.90. The van der Waals surface area contributed by atoms with Gasteiger partial charge in [0.15, 0.2) is 0 Å². The van der Waals surface area contributed by atoms with Gasteiger partial charge in [0.1, 0.15) is 6.10 Å². The fourth-order valence-corrected chi connectivity index (χ4v) is 3.58. The summed E-state index contributed by atoms with van der Waals surface area (Å²) in [6.07, 6.45) is 3.90. The van der Waals surface area contributed by atoms with Crippen molar-refractivity contribution in [3.63, 3.8) is 0 Å². The zero-order valence-electron chi connectivity index (χ0n) is 11.8. The van der Waals surface area contributed by atoms with Crippen LogP contribution >= 0.6 is 0 Å². The molecular weight excluding hydrogens is 244 g/mol. The fraction of sp³-hybridized carbons (Fsp3) is 0.929. The van der Waals surface area contributed by atoms with Gasteiger partial charge in [-0.25, -0.2) is 0 Å². The molecule has 0 radical (unpaired) electrons. The minimum Gasteiger partial charge on any atom is -0.370 e. The van der Waals surface area contributed by atoms with E-state index >= 15 is 0 Å². The van der Waals surface area contributed by atoms with Crippen molar-refractivity contribution in [2.45, 2.75) is 37.4 Å². The van der Waals surface area contributed by atoms with Crippen LogP contribution in [0, 0.1) is 0 Å². The Kier molecular flexibility index (Phi) is 3.78. The topological polar surface area (TPSA) is 42.0 Å². The van der Waals surface area contributed by atoms with Gasteiger partial charge in [0.25, 0.3) is 5.91 Å². The van der Waals surface area contributed by atoms with Crippen molar-refractivity contribution in [3.05, 3.63) is 0 Å². The molecule has 0 aromatic carbocycles. The van der Waals surface area contributed by atoms with Gasteiger partial charge in [0, 0.05) is 19.7 Å². The van der Waals surface area contributed by atoms with Gasteiger partial charge in [-0.3, -0.25) is 4.79 Å². The highest BCUT2D eigenvalue weighted by atomic mass is 16.5. The van der Waals surface area contributed by atoms with Gasteiger partial charge in [0.05, 0.1) is 18.8 Å². The van der Waals surface area contributed by atoms with Crippen LogP contribution in [0.5, 0.6) is 0 Å². The van der Waals surface area contributed by atoms with E-state index in [2.05, 4.69) is 11.9 Å².